The molecule has 3 heteroatoms. The van der Waals surface area contributed by atoms with E-state index in [4.69, 9.17) is 5.73 Å². The topological polar surface area (TPSA) is 29.3 Å². The van der Waals surface area contributed by atoms with Crippen LogP contribution in [-0.4, -0.2) is 31.1 Å². The van der Waals surface area contributed by atoms with Crippen LogP contribution in [0.1, 0.15) is 25.3 Å². The summed E-state index contributed by atoms with van der Waals surface area (Å²) in [4.78, 5) is 2.23. The Bertz CT molecular complexity index is 326. The normalized spacial score (nSPS) is 13.0. The predicted octanol–water partition coefficient (Wildman–Crippen LogP) is 2.43. The summed E-state index contributed by atoms with van der Waals surface area (Å²) < 4.78 is 13.4. The van der Waals surface area contributed by atoms with E-state index in [1.54, 1.807) is 6.07 Å². The third-order valence-electron chi connectivity index (χ3n) is 2.92. The number of benzene rings is 1. The summed E-state index contributed by atoms with van der Waals surface area (Å²) in [6.07, 6.45) is 2.91. The van der Waals surface area contributed by atoms with E-state index in [1.807, 2.05) is 19.1 Å². The van der Waals surface area contributed by atoms with Crippen LogP contribution < -0.4 is 5.73 Å². The number of nitrogens with two attached hydrogens (primary N) is 1. The number of nitrogens with zero attached hydrogens (tertiary/aromatic N) is 1. The first kappa shape index (κ1) is 14.1. The van der Waals surface area contributed by atoms with E-state index in [0.717, 1.165) is 37.9 Å². The molecule has 0 aliphatic carbocycles. The van der Waals surface area contributed by atoms with Gasteiger partial charge in [-0.05, 0) is 51.4 Å². The van der Waals surface area contributed by atoms with Crippen molar-refractivity contribution in [2.75, 3.05) is 20.1 Å². The van der Waals surface area contributed by atoms with E-state index in [0.29, 0.717) is 0 Å². The second kappa shape index (κ2) is 7.41. The number of likely N-dealkylation sites (N-methyl/N-ethyl adjacent to an activating group) is 1. The Hall–Kier alpha value is -0.930. The fourth-order valence-electron chi connectivity index (χ4n) is 1.81. The lowest BCUT2D eigenvalue weighted by Gasteiger charge is -2.17. The molecule has 1 aromatic rings. The van der Waals surface area contributed by atoms with Gasteiger partial charge in [-0.15, -0.1) is 0 Å². The molecule has 0 bridgehead atoms. The fraction of sp³-hybridized carbons (Fsp3) is 0.571. The fourth-order valence-corrected chi connectivity index (χ4v) is 1.81. The van der Waals surface area contributed by atoms with Crippen molar-refractivity contribution in [1.29, 1.82) is 0 Å². The van der Waals surface area contributed by atoms with E-state index in [2.05, 4.69) is 11.9 Å². The highest BCUT2D eigenvalue weighted by molar-refractivity contribution is 5.17. The minimum Gasteiger partial charge on any atom is -0.328 e. The van der Waals surface area contributed by atoms with Crippen molar-refractivity contribution in [2.45, 2.75) is 32.2 Å². The molecule has 1 aromatic carbocycles. The van der Waals surface area contributed by atoms with Crippen LogP contribution in [0.4, 0.5) is 4.39 Å². The molecule has 0 fully saturated rings. The predicted molar refractivity (Wildman–Crippen MR) is 70.5 cm³/mol. The standard InChI is InChI=1S/C14H23FN2/c1-12(16)6-5-10-17(2)11-9-13-7-3-4-8-14(13)15/h3-4,7-8,12H,5-6,9-11,16H2,1-2H3. The Morgan fingerprint density at radius 1 is 1.29 bits per heavy atom. The molecule has 0 heterocycles. The van der Waals surface area contributed by atoms with Crippen LogP contribution in [0.15, 0.2) is 24.3 Å². The average molecular weight is 238 g/mol. The summed E-state index contributed by atoms with van der Waals surface area (Å²) in [5.74, 6) is -0.100. The minimum absolute atomic E-state index is 0.100. The highest BCUT2D eigenvalue weighted by Gasteiger charge is 2.03. The summed E-state index contributed by atoms with van der Waals surface area (Å²) in [5, 5.41) is 0. The summed E-state index contributed by atoms with van der Waals surface area (Å²) in [6.45, 7) is 3.94. The van der Waals surface area contributed by atoms with Crippen molar-refractivity contribution < 1.29 is 4.39 Å². The molecule has 17 heavy (non-hydrogen) atoms. The van der Waals surface area contributed by atoms with Gasteiger partial charge >= 0.3 is 0 Å². The molecule has 0 saturated carbocycles. The van der Waals surface area contributed by atoms with Crippen molar-refractivity contribution in [3.63, 3.8) is 0 Å². The smallest absolute Gasteiger partial charge is 0.126 e. The van der Waals surface area contributed by atoms with Crippen molar-refractivity contribution in [1.82, 2.24) is 4.90 Å². The summed E-state index contributed by atoms with van der Waals surface area (Å²) >= 11 is 0. The van der Waals surface area contributed by atoms with Crippen LogP contribution in [-0.2, 0) is 6.42 Å². The molecule has 0 saturated heterocycles. The molecule has 1 rings (SSSR count). The van der Waals surface area contributed by atoms with Gasteiger partial charge in [0.15, 0.2) is 0 Å². The molecule has 2 N–H and O–H groups in total. The summed E-state index contributed by atoms with van der Waals surface area (Å²) in [6, 6.07) is 7.26. The molecule has 1 unspecified atom stereocenters. The third kappa shape index (κ3) is 5.80. The van der Waals surface area contributed by atoms with Gasteiger partial charge in [0.05, 0.1) is 0 Å². The maximum Gasteiger partial charge on any atom is 0.126 e. The van der Waals surface area contributed by atoms with Gasteiger partial charge in [0.25, 0.3) is 0 Å². The lowest BCUT2D eigenvalue weighted by atomic mass is 10.1. The number of hydrogen-bond donors (Lipinski definition) is 1. The molecule has 0 aromatic heterocycles. The highest BCUT2D eigenvalue weighted by atomic mass is 19.1. The molecular formula is C14H23FN2. The quantitative estimate of drug-likeness (QED) is 0.790. The van der Waals surface area contributed by atoms with Gasteiger partial charge in [0.2, 0.25) is 0 Å². The van der Waals surface area contributed by atoms with Crippen LogP contribution in [0.25, 0.3) is 0 Å². The molecule has 96 valence electrons. The van der Waals surface area contributed by atoms with Gasteiger partial charge in [-0.25, -0.2) is 4.39 Å². The molecule has 1 atom stereocenters. The second-order valence-electron chi connectivity index (χ2n) is 4.76. The van der Waals surface area contributed by atoms with E-state index in [-0.39, 0.29) is 11.9 Å². The monoisotopic (exact) mass is 238 g/mol. The van der Waals surface area contributed by atoms with E-state index >= 15 is 0 Å². The van der Waals surface area contributed by atoms with Gasteiger partial charge in [0.1, 0.15) is 5.82 Å². The zero-order valence-electron chi connectivity index (χ0n) is 10.8. The minimum atomic E-state index is -0.100. The summed E-state index contributed by atoms with van der Waals surface area (Å²) in [7, 11) is 2.07. The van der Waals surface area contributed by atoms with Gasteiger partial charge in [-0.3, -0.25) is 0 Å². The molecular weight excluding hydrogens is 215 g/mol. The number of halogens is 1. The van der Waals surface area contributed by atoms with Crippen molar-refractivity contribution in [2.24, 2.45) is 5.73 Å². The number of rotatable bonds is 7. The molecule has 2 nitrogen and oxygen atoms in total. The maximum absolute atomic E-state index is 13.4. The Morgan fingerprint density at radius 3 is 2.65 bits per heavy atom. The van der Waals surface area contributed by atoms with E-state index in [9.17, 15) is 4.39 Å². The van der Waals surface area contributed by atoms with Crippen molar-refractivity contribution in [3.8, 4) is 0 Å². The Balaban J connectivity index is 2.24. The van der Waals surface area contributed by atoms with Crippen LogP contribution in [0.3, 0.4) is 0 Å². The third-order valence-corrected chi connectivity index (χ3v) is 2.92. The first-order chi connectivity index (χ1) is 8.09. The molecule has 0 aliphatic heterocycles. The zero-order chi connectivity index (χ0) is 12.7. The Kier molecular flexibility index (Phi) is 6.16. The maximum atomic E-state index is 13.4. The van der Waals surface area contributed by atoms with Crippen LogP contribution in [0.2, 0.25) is 0 Å². The lowest BCUT2D eigenvalue weighted by molar-refractivity contribution is 0.324. The SMILES string of the molecule is CC(N)CCCN(C)CCc1ccccc1F. The van der Waals surface area contributed by atoms with Crippen LogP contribution in [0, 0.1) is 5.82 Å². The van der Waals surface area contributed by atoms with Gasteiger partial charge in [-0.2, -0.15) is 0 Å². The largest absolute Gasteiger partial charge is 0.328 e. The van der Waals surface area contributed by atoms with Gasteiger partial charge < -0.3 is 10.6 Å². The van der Waals surface area contributed by atoms with Crippen molar-refractivity contribution in [3.05, 3.63) is 35.6 Å². The zero-order valence-corrected chi connectivity index (χ0v) is 10.8. The first-order valence-electron chi connectivity index (χ1n) is 6.27. The van der Waals surface area contributed by atoms with Crippen molar-refractivity contribution >= 4 is 0 Å². The molecule has 0 spiro atoms. The molecule has 0 radical (unpaired) electrons. The van der Waals surface area contributed by atoms with Crippen LogP contribution >= 0.6 is 0 Å². The van der Waals surface area contributed by atoms with Gasteiger partial charge in [-0.1, -0.05) is 18.2 Å². The molecule has 0 amide bonds. The summed E-state index contributed by atoms with van der Waals surface area (Å²) in [5.41, 5.74) is 6.49. The average Bonchev–Trinajstić information content (AvgIpc) is 2.27. The highest BCUT2D eigenvalue weighted by Crippen LogP contribution is 2.07. The number of hydrogen-bond acceptors (Lipinski definition) is 2. The lowest BCUT2D eigenvalue weighted by Crippen LogP contribution is -2.24. The van der Waals surface area contributed by atoms with E-state index < -0.39 is 0 Å². The van der Waals surface area contributed by atoms with Crippen LogP contribution in [0.5, 0.6) is 0 Å². The first-order valence-corrected chi connectivity index (χ1v) is 6.27. The molecule has 0 aliphatic rings. The Morgan fingerprint density at radius 2 is 2.00 bits per heavy atom. The Labute approximate surface area is 104 Å². The second-order valence-corrected chi connectivity index (χ2v) is 4.76. The van der Waals surface area contributed by atoms with Gasteiger partial charge in [0, 0.05) is 12.6 Å². The van der Waals surface area contributed by atoms with E-state index in [1.165, 1.54) is 6.07 Å².